The van der Waals surface area contributed by atoms with Crippen LogP contribution in [0.25, 0.3) is 0 Å². The van der Waals surface area contributed by atoms with Crippen molar-refractivity contribution in [2.24, 2.45) is 0 Å². The molecule has 0 unspecified atom stereocenters. The Morgan fingerprint density at radius 1 is 1.33 bits per heavy atom. The van der Waals surface area contributed by atoms with Crippen LogP contribution in [0, 0.1) is 0 Å². The number of nitrogens with one attached hydrogen (secondary N) is 1. The number of hydrogen-bond acceptors (Lipinski definition) is 3. The maximum atomic E-state index is 11.2. The van der Waals surface area contributed by atoms with E-state index in [-0.39, 0.29) is 5.56 Å². The first-order chi connectivity index (χ1) is 10.1. The van der Waals surface area contributed by atoms with Crippen LogP contribution in [0.15, 0.2) is 40.9 Å². The molecule has 0 aliphatic rings. The molecular formula is C16H17BrN2O2. The van der Waals surface area contributed by atoms with E-state index in [1.807, 2.05) is 31.2 Å². The quantitative estimate of drug-likeness (QED) is 0.824. The number of carboxylic acid groups (broad SMARTS) is 1. The molecule has 21 heavy (non-hydrogen) atoms. The molecule has 1 aromatic carbocycles. The van der Waals surface area contributed by atoms with E-state index in [2.05, 4.69) is 26.2 Å². The van der Waals surface area contributed by atoms with Crippen molar-refractivity contribution >= 4 is 27.7 Å². The minimum absolute atomic E-state index is 0.267. The van der Waals surface area contributed by atoms with Crippen molar-refractivity contribution in [3.63, 3.8) is 0 Å². The second-order valence-electron chi connectivity index (χ2n) is 4.73. The van der Waals surface area contributed by atoms with Gasteiger partial charge in [-0.1, -0.05) is 47.5 Å². The summed E-state index contributed by atoms with van der Waals surface area (Å²) in [5, 5.41) is 12.4. The maximum Gasteiger partial charge on any atom is 0.335 e. The molecule has 2 N–H and O–H groups in total. The van der Waals surface area contributed by atoms with Gasteiger partial charge in [-0.25, -0.2) is 9.78 Å². The summed E-state index contributed by atoms with van der Waals surface area (Å²) in [5.41, 5.74) is 2.16. The summed E-state index contributed by atoms with van der Waals surface area (Å²) in [6.07, 6.45) is 1.70. The molecule has 0 atom stereocenters. The fraction of sp³-hybridized carbons (Fsp3) is 0.250. The fourth-order valence-corrected chi connectivity index (χ4v) is 2.44. The van der Waals surface area contributed by atoms with E-state index in [9.17, 15) is 4.79 Å². The molecule has 0 aliphatic carbocycles. The Kier molecular flexibility index (Phi) is 5.33. The van der Waals surface area contributed by atoms with E-state index in [4.69, 9.17) is 5.11 Å². The van der Waals surface area contributed by atoms with Crippen molar-refractivity contribution in [3.8, 4) is 0 Å². The summed E-state index contributed by atoms with van der Waals surface area (Å²) in [6, 6.07) is 11.1. The van der Waals surface area contributed by atoms with Crippen LogP contribution in [-0.4, -0.2) is 16.1 Å². The van der Waals surface area contributed by atoms with Gasteiger partial charge in [0.25, 0.3) is 0 Å². The van der Waals surface area contributed by atoms with Crippen LogP contribution >= 0.6 is 15.9 Å². The maximum absolute atomic E-state index is 11.2. The van der Waals surface area contributed by atoms with E-state index in [1.165, 1.54) is 0 Å². The highest BCUT2D eigenvalue weighted by atomic mass is 79.9. The average molecular weight is 349 g/mol. The number of benzene rings is 1. The molecule has 110 valence electrons. The van der Waals surface area contributed by atoms with E-state index in [0.717, 1.165) is 28.6 Å². The lowest BCUT2D eigenvalue weighted by Gasteiger charge is -2.10. The number of halogens is 1. The van der Waals surface area contributed by atoms with E-state index in [1.54, 1.807) is 12.1 Å². The summed E-state index contributed by atoms with van der Waals surface area (Å²) in [7, 11) is 0. The molecular weight excluding hydrogens is 332 g/mol. The van der Waals surface area contributed by atoms with Gasteiger partial charge in [0.15, 0.2) is 0 Å². The number of anilines is 1. The number of carboxylic acids is 1. The van der Waals surface area contributed by atoms with Crippen molar-refractivity contribution in [2.75, 3.05) is 5.32 Å². The van der Waals surface area contributed by atoms with Gasteiger partial charge in [-0.05, 0) is 30.2 Å². The molecule has 0 fully saturated rings. The first-order valence-electron chi connectivity index (χ1n) is 6.81. The molecule has 0 spiro atoms. The minimum atomic E-state index is -0.932. The lowest BCUT2D eigenvalue weighted by molar-refractivity contribution is 0.0696. The number of aromatic nitrogens is 1. The number of nitrogens with zero attached hydrogens (tertiary/aromatic N) is 1. The molecule has 0 saturated heterocycles. The molecule has 0 amide bonds. The Labute approximate surface area is 132 Å². The number of hydrogen-bond donors (Lipinski definition) is 2. The zero-order valence-electron chi connectivity index (χ0n) is 11.8. The molecule has 1 heterocycles. The Morgan fingerprint density at radius 3 is 2.76 bits per heavy atom. The Morgan fingerprint density at radius 2 is 2.10 bits per heavy atom. The third kappa shape index (κ3) is 4.29. The van der Waals surface area contributed by atoms with Gasteiger partial charge in [0.1, 0.15) is 5.82 Å². The van der Waals surface area contributed by atoms with Gasteiger partial charge < -0.3 is 10.4 Å². The Bertz CT molecular complexity index is 644. The van der Waals surface area contributed by atoms with Crippen LogP contribution in [0.5, 0.6) is 0 Å². The minimum Gasteiger partial charge on any atom is -0.478 e. The van der Waals surface area contributed by atoms with Crippen LogP contribution < -0.4 is 5.32 Å². The zero-order valence-corrected chi connectivity index (χ0v) is 13.4. The van der Waals surface area contributed by atoms with Gasteiger partial charge in [0, 0.05) is 16.7 Å². The number of pyridine rings is 1. The number of rotatable bonds is 6. The van der Waals surface area contributed by atoms with E-state index >= 15 is 0 Å². The van der Waals surface area contributed by atoms with Gasteiger partial charge in [0.2, 0.25) is 0 Å². The highest BCUT2D eigenvalue weighted by molar-refractivity contribution is 9.10. The van der Waals surface area contributed by atoms with Crippen molar-refractivity contribution in [2.45, 2.75) is 26.3 Å². The number of aryl methyl sites for hydroxylation is 1. The standard InChI is InChI=1S/C16H17BrN2O2/c1-2-5-13-8-12(16(20)21)9-15(19-13)18-10-11-6-3-4-7-14(11)17/h3-4,6-9H,2,5,10H2,1H3,(H,18,19)(H,20,21). The van der Waals surface area contributed by atoms with Gasteiger partial charge in [0.05, 0.1) is 5.56 Å². The van der Waals surface area contributed by atoms with Crippen LogP contribution in [0.3, 0.4) is 0 Å². The van der Waals surface area contributed by atoms with Crippen molar-refractivity contribution in [3.05, 3.63) is 57.7 Å². The van der Waals surface area contributed by atoms with Gasteiger partial charge in [-0.15, -0.1) is 0 Å². The first kappa shape index (κ1) is 15.5. The normalized spacial score (nSPS) is 10.4. The molecule has 0 aliphatic heterocycles. The summed E-state index contributed by atoms with van der Waals surface area (Å²) >= 11 is 3.49. The lowest BCUT2D eigenvalue weighted by Crippen LogP contribution is -2.07. The third-order valence-corrected chi connectivity index (χ3v) is 3.82. The van der Waals surface area contributed by atoms with Crippen molar-refractivity contribution < 1.29 is 9.90 Å². The number of aromatic carboxylic acids is 1. The fourth-order valence-electron chi connectivity index (χ4n) is 2.01. The number of carbonyl (C=O) groups is 1. The van der Waals surface area contributed by atoms with Crippen molar-refractivity contribution in [1.29, 1.82) is 0 Å². The predicted molar refractivity (Wildman–Crippen MR) is 86.7 cm³/mol. The highest BCUT2D eigenvalue weighted by Gasteiger charge is 2.08. The highest BCUT2D eigenvalue weighted by Crippen LogP contribution is 2.18. The van der Waals surface area contributed by atoms with Crippen molar-refractivity contribution in [1.82, 2.24) is 4.98 Å². The SMILES string of the molecule is CCCc1cc(C(=O)O)cc(NCc2ccccc2Br)n1. The van der Waals surface area contributed by atoms with Crippen LogP contribution in [0.4, 0.5) is 5.82 Å². The predicted octanol–water partition coefficient (Wildman–Crippen LogP) is 4.11. The molecule has 5 heteroatoms. The van der Waals surface area contributed by atoms with Crippen LogP contribution in [0.1, 0.15) is 35.0 Å². The molecule has 4 nitrogen and oxygen atoms in total. The summed E-state index contributed by atoms with van der Waals surface area (Å²) in [4.78, 5) is 15.6. The molecule has 0 bridgehead atoms. The summed E-state index contributed by atoms with van der Waals surface area (Å²) in [6.45, 7) is 2.63. The second-order valence-corrected chi connectivity index (χ2v) is 5.59. The zero-order chi connectivity index (χ0) is 15.2. The second kappa shape index (κ2) is 7.22. The first-order valence-corrected chi connectivity index (χ1v) is 7.61. The topological polar surface area (TPSA) is 62.2 Å². The molecule has 0 saturated carbocycles. The molecule has 2 aromatic rings. The molecule has 1 aromatic heterocycles. The van der Waals surface area contributed by atoms with Crippen LogP contribution in [0.2, 0.25) is 0 Å². The lowest BCUT2D eigenvalue weighted by atomic mass is 10.1. The van der Waals surface area contributed by atoms with E-state index in [0.29, 0.717) is 12.4 Å². The molecule has 2 rings (SSSR count). The summed E-state index contributed by atoms with van der Waals surface area (Å²) < 4.78 is 1.01. The average Bonchev–Trinajstić information content (AvgIpc) is 2.46. The third-order valence-electron chi connectivity index (χ3n) is 3.05. The van der Waals surface area contributed by atoms with Gasteiger partial charge in [-0.2, -0.15) is 0 Å². The van der Waals surface area contributed by atoms with Gasteiger partial charge in [-0.3, -0.25) is 0 Å². The van der Waals surface area contributed by atoms with Crippen LogP contribution in [-0.2, 0) is 13.0 Å². The smallest absolute Gasteiger partial charge is 0.335 e. The largest absolute Gasteiger partial charge is 0.478 e. The summed E-state index contributed by atoms with van der Waals surface area (Å²) in [5.74, 6) is -0.340. The monoisotopic (exact) mass is 348 g/mol. The Balaban J connectivity index is 2.19. The van der Waals surface area contributed by atoms with E-state index < -0.39 is 5.97 Å². The Hall–Kier alpha value is -1.88. The van der Waals surface area contributed by atoms with Gasteiger partial charge >= 0.3 is 5.97 Å². The molecule has 0 radical (unpaired) electrons.